The minimum absolute atomic E-state index is 0.128. The van der Waals surface area contributed by atoms with Crippen molar-refractivity contribution in [3.8, 4) is 0 Å². The van der Waals surface area contributed by atoms with Gasteiger partial charge in [0.05, 0.1) is 0 Å². The number of hydrogen-bond acceptors (Lipinski definition) is 6. The summed E-state index contributed by atoms with van der Waals surface area (Å²) in [6.45, 7) is 28.2. The monoisotopic (exact) mass is 814 g/mol. The fourth-order valence-electron chi connectivity index (χ4n) is 11.9. The lowest BCUT2D eigenvalue weighted by Crippen LogP contribution is -2.51. The summed E-state index contributed by atoms with van der Waals surface area (Å²) in [6, 6.07) is 0. The number of amides is 3. The first-order valence-electron chi connectivity index (χ1n) is 23.5. The van der Waals surface area contributed by atoms with E-state index in [2.05, 4.69) is 47.6 Å². The second-order valence-electron chi connectivity index (χ2n) is 22.1. The Labute approximate surface area is 355 Å². The van der Waals surface area contributed by atoms with Gasteiger partial charge in [0.25, 0.3) is 0 Å². The second-order valence-corrected chi connectivity index (χ2v) is 22.1. The molecular formula is C49H87N3O6. The van der Waals surface area contributed by atoms with E-state index in [0.717, 1.165) is 73.5 Å². The van der Waals surface area contributed by atoms with Crippen molar-refractivity contribution in [2.75, 3.05) is 40.3 Å². The molecule has 3 amide bonds. The maximum absolute atomic E-state index is 13.9. The molecule has 334 valence electrons. The van der Waals surface area contributed by atoms with Gasteiger partial charge in [-0.05, 0) is 164 Å². The van der Waals surface area contributed by atoms with Crippen LogP contribution in [0.3, 0.4) is 0 Å². The Bertz CT molecular complexity index is 1400. The van der Waals surface area contributed by atoms with Crippen molar-refractivity contribution in [3.63, 3.8) is 0 Å². The zero-order chi connectivity index (χ0) is 43.2. The van der Waals surface area contributed by atoms with Gasteiger partial charge in [-0.25, -0.2) is 14.4 Å². The van der Waals surface area contributed by atoms with E-state index < -0.39 is 11.2 Å². The fourth-order valence-corrected chi connectivity index (χ4v) is 11.9. The van der Waals surface area contributed by atoms with Crippen LogP contribution in [0.1, 0.15) is 173 Å². The van der Waals surface area contributed by atoms with Crippen LogP contribution in [0.25, 0.3) is 0 Å². The van der Waals surface area contributed by atoms with E-state index >= 15 is 0 Å². The lowest BCUT2D eigenvalue weighted by molar-refractivity contribution is -0.0596. The van der Waals surface area contributed by atoms with Crippen LogP contribution in [0.5, 0.6) is 0 Å². The Kier molecular flexibility index (Phi) is 16.6. The van der Waals surface area contributed by atoms with E-state index in [1.165, 1.54) is 56.9 Å². The van der Waals surface area contributed by atoms with Gasteiger partial charge in [0.1, 0.15) is 17.3 Å². The highest BCUT2D eigenvalue weighted by atomic mass is 16.6. The molecule has 0 aromatic heterocycles. The third-order valence-electron chi connectivity index (χ3n) is 15.3. The van der Waals surface area contributed by atoms with Crippen molar-refractivity contribution >= 4 is 18.3 Å². The molecule has 58 heavy (non-hydrogen) atoms. The highest BCUT2D eigenvalue weighted by molar-refractivity contribution is 5.69. The van der Waals surface area contributed by atoms with Crippen molar-refractivity contribution in [1.29, 1.82) is 0 Å². The van der Waals surface area contributed by atoms with Crippen LogP contribution < -0.4 is 0 Å². The quantitative estimate of drug-likeness (QED) is 0.0876. The molecule has 0 aliphatic heterocycles. The molecule has 4 aliphatic carbocycles. The zero-order valence-electron chi connectivity index (χ0n) is 39.7. The number of ether oxygens (including phenoxy) is 3. The number of nitrogens with zero attached hydrogens (tertiary/aromatic N) is 3. The molecule has 0 aromatic carbocycles. The number of hydrogen-bond donors (Lipinski definition) is 0. The van der Waals surface area contributed by atoms with E-state index in [-0.39, 0.29) is 29.8 Å². The molecule has 4 aliphatic rings. The van der Waals surface area contributed by atoms with Gasteiger partial charge < -0.3 is 28.9 Å². The molecule has 3 fully saturated rings. The SMILES string of the molecule is CC[C@H](CC[C@@H](C)[C@H]1CC[C@H]2[C@@H]3CC=C4C[C@@H](OC(=O)N(CCCCN(C)C(=O)OC(C)(C)C)CCCN(C)C(=O)OC(C)(C)C)CCC4(C)[C@H]3CC[C@]12C)C(C)C. The number of carbonyl (C=O) groups excluding carboxylic acids is 3. The summed E-state index contributed by atoms with van der Waals surface area (Å²) in [6.07, 6.45) is 17.1. The fraction of sp³-hybridized carbons (Fsp3) is 0.898. The summed E-state index contributed by atoms with van der Waals surface area (Å²) < 4.78 is 17.4. The highest BCUT2D eigenvalue weighted by Crippen LogP contribution is 2.67. The van der Waals surface area contributed by atoms with Crippen LogP contribution in [-0.4, -0.2) is 90.6 Å². The maximum Gasteiger partial charge on any atom is 0.410 e. The lowest BCUT2D eigenvalue weighted by Gasteiger charge is -2.58. The molecule has 0 bridgehead atoms. The molecule has 0 radical (unpaired) electrons. The Morgan fingerprint density at radius 3 is 1.93 bits per heavy atom. The summed E-state index contributed by atoms with van der Waals surface area (Å²) in [5.74, 6) is 5.60. The molecule has 9 heteroatoms. The average molecular weight is 814 g/mol. The maximum atomic E-state index is 13.9. The minimum Gasteiger partial charge on any atom is -0.446 e. The Balaban J connectivity index is 1.36. The summed E-state index contributed by atoms with van der Waals surface area (Å²) in [7, 11) is 3.49. The van der Waals surface area contributed by atoms with Crippen LogP contribution in [0.15, 0.2) is 11.6 Å². The normalized spacial score (nSPS) is 29.3. The van der Waals surface area contributed by atoms with Crippen molar-refractivity contribution < 1.29 is 28.6 Å². The molecule has 4 rings (SSSR count). The third kappa shape index (κ3) is 12.3. The van der Waals surface area contributed by atoms with E-state index in [9.17, 15) is 14.4 Å². The summed E-state index contributed by atoms with van der Waals surface area (Å²) in [4.78, 5) is 44.0. The number of rotatable bonds is 16. The van der Waals surface area contributed by atoms with Gasteiger partial charge in [-0.3, -0.25) is 0 Å². The van der Waals surface area contributed by atoms with Crippen molar-refractivity contribution in [2.45, 2.75) is 190 Å². The van der Waals surface area contributed by atoms with Gasteiger partial charge >= 0.3 is 18.3 Å². The van der Waals surface area contributed by atoms with Gasteiger partial charge in [0, 0.05) is 46.7 Å². The Hall–Kier alpha value is -2.45. The predicted molar refractivity (Wildman–Crippen MR) is 236 cm³/mol. The van der Waals surface area contributed by atoms with Crippen LogP contribution >= 0.6 is 0 Å². The summed E-state index contributed by atoms with van der Waals surface area (Å²) >= 11 is 0. The molecule has 1 unspecified atom stereocenters. The van der Waals surface area contributed by atoms with Gasteiger partial charge in [0.2, 0.25) is 0 Å². The van der Waals surface area contributed by atoms with E-state index in [4.69, 9.17) is 14.2 Å². The topological polar surface area (TPSA) is 88.6 Å². The number of unbranched alkanes of at least 4 members (excludes halogenated alkanes) is 1. The van der Waals surface area contributed by atoms with E-state index in [0.29, 0.717) is 38.0 Å². The van der Waals surface area contributed by atoms with Crippen molar-refractivity contribution in [3.05, 3.63) is 11.6 Å². The summed E-state index contributed by atoms with van der Waals surface area (Å²) in [5, 5.41) is 0. The largest absolute Gasteiger partial charge is 0.446 e. The van der Waals surface area contributed by atoms with E-state index in [1.807, 2.05) is 41.5 Å². The molecular weight excluding hydrogens is 727 g/mol. The number of carbonyl (C=O) groups is 3. The van der Waals surface area contributed by atoms with Crippen molar-refractivity contribution in [2.24, 2.45) is 52.3 Å². The first-order valence-corrected chi connectivity index (χ1v) is 23.5. The first kappa shape index (κ1) is 48.2. The Morgan fingerprint density at radius 1 is 0.759 bits per heavy atom. The minimum atomic E-state index is -0.570. The molecule has 9 atom stereocenters. The van der Waals surface area contributed by atoms with Gasteiger partial charge in [0.15, 0.2) is 0 Å². The standard InChI is InChI=1S/C49H87N3O6/c1-15-36(34(2)3)20-19-35(4)40-23-24-41-39-22-21-37-33-38(25-27-48(37,11)42(39)26-28-49(40,41)12)56-45(55)52(32-18-30-51(14)44(54)58-47(8,9)10)31-17-16-29-50(13)43(53)57-46(5,6)7/h21,34-36,38-42H,15-20,22-33H2,1-14H3/t35-,36-,38+,39+,40-,41+,42+,48?,49-/m1/s1. The predicted octanol–water partition coefficient (Wildman–Crippen LogP) is 12.4. The second kappa shape index (κ2) is 19.9. The molecule has 0 aromatic rings. The molecule has 0 N–H and O–H groups in total. The molecule has 9 nitrogen and oxygen atoms in total. The highest BCUT2D eigenvalue weighted by Gasteiger charge is 2.59. The molecule has 0 spiro atoms. The van der Waals surface area contributed by atoms with Crippen LogP contribution in [0.4, 0.5) is 14.4 Å². The molecule has 3 saturated carbocycles. The van der Waals surface area contributed by atoms with Crippen LogP contribution in [0.2, 0.25) is 0 Å². The third-order valence-corrected chi connectivity index (χ3v) is 15.3. The van der Waals surface area contributed by atoms with E-state index in [1.54, 1.807) is 28.8 Å². The average Bonchev–Trinajstić information content (AvgIpc) is 3.48. The first-order chi connectivity index (χ1) is 27.0. The van der Waals surface area contributed by atoms with Crippen molar-refractivity contribution in [1.82, 2.24) is 14.7 Å². The number of allylic oxidation sites excluding steroid dienone is 1. The molecule has 0 heterocycles. The van der Waals surface area contributed by atoms with Gasteiger partial charge in [-0.15, -0.1) is 0 Å². The molecule has 0 saturated heterocycles. The lowest BCUT2D eigenvalue weighted by atomic mass is 9.47. The summed E-state index contributed by atoms with van der Waals surface area (Å²) in [5.41, 5.74) is 1.06. The number of fused-ring (bicyclic) bond motifs is 5. The smallest absolute Gasteiger partial charge is 0.410 e. The van der Waals surface area contributed by atoms with Gasteiger partial charge in [-0.1, -0.05) is 66.0 Å². The van der Waals surface area contributed by atoms with Crippen LogP contribution in [0, 0.1) is 52.3 Å². The van der Waals surface area contributed by atoms with Gasteiger partial charge in [-0.2, -0.15) is 0 Å². The zero-order valence-corrected chi connectivity index (χ0v) is 39.7. The van der Waals surface area contributed by atoms with Crippen LogP contribution in [-0.2, 0) is 14.2 Å². The Morgan fingerprint density at radius 2 is 1.34 bits per heavy atom.